The number of hydrogen-bond donors (Lipinski definition) is 0. The maximum atomic E-state index is 13.0. The quantitative estimate of drug-likeness (QED) is 0.677. The first kappa shape index (κ1) is 21.3. The molecule has 2 aliphatic rings. The molecule has 2 saturated heterocycles. The van der Waals surface area contributed by atoms with E-state index in [9.17, 15) is 9.59 Å². The molecule has 2 aromatic rings. The lowest BCUT2D eigenvalue weighted by Gasteiger charge is -2.35. The Morgan fingerprint density at radius 3 is 2.77 bits per heavy atom. The van der Waals surface area contributed by atoms with Crippen LogP contribution in [0.1, 0.15) is 12.8 Å². The smallest absolute Gasteiger partial charge is 0.228 e. The SMILES string of the molecule is CN(C)CCCN1CC(C(=O)N2CCN(c3nc4ccc(Cl)cc4s3)CC2)CC1=O. The number of halogens is 1. The number of piperazine rings is 1. The number of likely N-dealkylation sites (tertiary alicyclic amines) is 1. The van der Waals surface area contributed by atoms with Crippen molar-refractivity contribution in [1.29, 1.82) is 0 Å². The van der Waals surface area contributed by atoms with Crippen LogP contribution in [0.5, 0.6) is 0 Å². The van der Waals surface area contributed by atoms with Crippen molar-refractivity contribution in [3.63, 3.8) is 0 Å². The minimum atomic E-state index is -0.201. The van der Waals surface area contributed by atoms with Gasteiger partial charge in [-0.1, -0.05) is 22.9 Å². The average Bonchev–Trinajstić information content (AvgIpc) is 3.30. The molecule has 1 aromatic carbocycles. The summed E-state index contributed by atoms with van der Waals surface area (Å²) in [5, 5.41) is 1.69. The molecule has 2 amide bonds. The molecule has 0 spiro atoms. The van der Waals surface area contributed by atoms with Gasteiger partial charge in [0.1, 0.15) is 0 Å². The molecule has 0 radical (unpaired) electrons. The standard InChI is InChI=1S/C21H28ClN5O2S/c1-24(2)6-3-7-27-14-15(12-19(27)28)20(29)25-8-10-26(11-9-25)21-23-17-5-4-16(22)13-18(17)30-21/h4-5,13,15H,3,6-12,14H2,1-2H3. The summed E-state index contributed by atoms with van der Waals surface area (Å²) >= 11 is 7.72. The van der Waals surface area contributed by atoms with Gasteiger partial charge in [-0.15, -0.1) is 0 Å². The zero-order valence-electron chi connectivity index (χ0n) is 17.5. The van der Waals surface area contributed by atoms with Crippen LogP contribution in [0.2, 0.25) is 5.02 Å². The van der Waals surface area contributed by atoms with E-state index in [2.05, 4.69) is 9.80 Å². The lowest BCUT2D eigenvalue weighted by atomic mass is 10.1. The number of rotatable bonds is 6. The first-order valence-electron chi connectivity index (χ1n) is 10.4. The molecule has 0 saturated carbocycles. The number of carbonyl (C=O) groups is 2. The highest BCUT2D eigenvalue weighted by atomic mass is 35.5. The molecule has 30 heavy (non-hydrogen) atoms. The van der Waals surface area contributed by atoms with Gasteiger partial charge in [0.2, 0.25) is 11.8 Å². The highest BCUT2D eigenvalue weighted by Crippen LogP contribution is 2.31. The van der Waals surface area contributed by atoms with Crippen molar-refractivity contribution in [2.24, 2.45) is 5.92 Å². The predicted molar refractivity (Wildman–Crippen MR) is 121 cm³/mol. The third-order valence-electron chi connectivity index (χ3n) is 5.80. The lowest BCUT2D eigenvalue weighted by Crippen LogP contribution is -2.50. The van der Waals surface area contributed by atoms with Gasteiger partial charge in [-0.3, -0.25) is 9.59 Å². The Labute approximate surface area is 186 Å². The van der Waals surface area contributed by atoms with Gasteiger partial charge >= 0.3 is 0 Å². The van der Waals surface area contributed by atoms with E-state index in [4.69, 9.17) is 16.6 Å². The number of aromatic nitrogens is 1. The minimum absolute atomic E-state index is 0.110. The van der Waals surface area contributed by atoms with Crippen LogP contribution in [-0.4, -0.2) is 91.4 Å². The second-order valence-electron chi connectivity index (χ2n) is 8.32. The van der Waals surface area contributed by atoms with Gasteiger partial charge in [0, 0.05) is 50.7 Å². The summed E-state index contributed by atoms with van der Waals surface area (Å²) in [5.74, 6) is 0.0288. The monoisotopic (exact) mass is 449 g/mol. The number of fused-ring (bicyclic) bond motifs is 1. The summed E-state index contributed by atoms with van der Waals surface area (Å²) in [7, 11) is 4.06. The fourth-order valence-electron chi connectivity index (χ4n) is 4.13. The zero-order chi connectivity index (χ0) is 21.3. The third-order valence-corrected chi connectivity index (χ3v) is 7.11. The van der Waals surface area contributed by atoms with Crippen LogP contribution in [0.4, 0.5) is 5.13 Å². The molecule has 3 heterocycles. The van der Waals surface area contributed by atoms with Crippen LogP contribution in [-0.2, 0) is 9.59 Å². The Morgan fingerprint density at radius 2 is 2.03 bits per heavy atom. The molecule has 2 aliphatic heterocycles. The van der Waals surface area contributed by atoms with Crippen molar-refractivity contribution < 1.29 is 9.59 Å². The maximum Gasteiger partial charge on any atom is 0.228 e. The number of amides is 2. The summed E-state index contributed by atoms with van der Waals surface area (Å²) in [4.78, 5) is 38.1. The number of thiazole rings is 1. The highest BCUT2D eigenvalue weighted by molar-refractivity contribution is 7.22. The number of nitrogens with zero attached hydrogens (tertiary/aromatic N) is 5. The van der Waals surface area contributed by atoms with Gasteiger partial charge in [0.25, 0.3) is 0 Å². The Bertz CT molecular complexity index is 925. The fourth-order valence-corrected chi connectivity index (χ4v) is 5.42. The normalized spacial score (nSPS) is 20.1. The molecule has 0 bridgehead atoms. The van der Waals surface area contributed by atoms with Gasteiger partial charge in [0.05, 0.1) is 16.1 Å². The van der Waals surface area contributed by atoms with E-state index in [1.54, 1.807) is 11.3 Å². The van der Waals surface area contributed by atoms with Crippen molar-refractivity contribution in [2.45, 2.75) is 12.8 Å². The van der Waals surface area contributed by atoms with Crippen molar-refractivity contribution in [1.82, 2.24) is 19.7 Å². The number of benzene rings is 1. The average molecular weight is 450 g/mol. The minimum Gasteiger partial charge on any atom is -0.345 e. The summed E-state index contributed by atoms with van der Waals surface area (Å²) in [6, 6.07) is 5.74. The number of hydrogen-bond acceptors (Lipinski definition) is 6. The molecule has 1 atom stereocenters. The van der Waals surface area contributed by atoms with Crippen molar-refractivity contribution >= 4 is 50.1 Å². The molecule has 7 nitrogen and oxygen atoms in total. The summed E-state index contributed by atoms with van der Waals surface area (Å²) < 4.78 is 1.08. The topological polar surface area (TPSA) is 60.0 Å². The summed E-state index contributed by atoms with van der Waals surface area (Å²) in [6.07, 6.45) is 1.28. The molecule has 2 fully saturated rings. The Kier molecular flexibility index (Phi) is 6.46. The van der Waals surface area contributed by atoms with E-state index in [0.717, 1.165) is 53.0 Å². The second-order valence-corrected chi connectivity index (χ2v) is 9.76. The molecule has 1 aromatic heterocycles. The zero-order valence-corrected chi connectivity index (χ0v) is 19.1. The van der Waals surface area contributed by atoms with Crippen LogP contribution >= 0.6 is 22.9 Å². The van der Waals surface area contributed by atoms with Crippen LogP contribution in [0.25, 0.3) is 10.2 Å². The molecule has 0 aliphatic carbocycles. The molecular weight excluding hydrogens is 422 g/mol. The van der Waals surface area contributed by atoms with E-state index < -0.39 is 0 Å². The highest BCUT2D eigenvalue weighted by Gasteiger charge is 2.37. The molecule has 4 rings (SSSR count). The predicted octanol–water partition coefficient (Wildman–Crippen LogP) is 2.40. The maximum absolute atomic E-state index is 13.0. The second kappa shape index (κ2) is 9.08. The molecule has 9 heteroatoms. The first-order chi connectivity index (χ1) is 14.4. The Morgan fingerprint density at radius 1 is 1.27 bits per heavy atom. The van der Waals surface area contributed by atoms with E-state index in [-0.39, 0.29) is 17.7 Å². The molecule has 1 unspecified atom stereocenters. The van der Waals surface area contributed by atoms with Gasteiger partial charge in [-0.05, 0) is 45.3 Å². The van der Waals surface area contributed by atoms with Crippen molar-refractivity contribution in [2.75, 3.05) is 64.8 Å². The van der Waals surface area contributed by atoms with Crippen LogP contribution in [0.3, 0.4) is 0 Å². The lowest BCUT2D eigenvalue weighted by molar-refractivity contribution is -0.136. The van der Waals surface area contributed by atoms with Gasteiger partial charge in [-0.2, -0.15) is 0 Å². The van der Waals surface area contributed by atoms with E-state index in [1.807, 2.05) is 42.1 Å². The van der Waals surface area contributed by atoms with E-state index >= 15 is 0 Å². The van der Waals surface area contributed by atoms with Gasteiger partial charge in [0.15, 0.2) is 5.13 Å². The van der Waals surface area contributed by atoms with E-state index in [0.29, 0.717) is 26.1 Å². The Hall–Kier alpha value is -1.90. The fraction of sp³-hybridized carbons (Fsp3) is 0.571. The first-order valence-corrected chi connectivity index (χ1v) is 11.6. The van der Waals surface area contributed by atoms with Crippen molar-refractivity contribution in [3.05, 3.63) is 23.2 Å². The molecule has 0 N–H and O–H groups in total. The van der Waals surface area contributed by atoms with E-state index in [1.165, 1.54) is 0 Å². The summed E-state index contributed by atoms with van der Waals surface area (Å²) in [6.45, 7) is 5.09. The van der Waals surface area contributed by atoms with Crippen LogP contribution in [0, 0.1) is 5.92 Å². The number of anilines is 1. The largest absolute Gasteiger partial charge is 0.345 e. The third kappa shape index (κ3) is 4.71. The van der Waals surface area contributed by atoms with Crippen molar-refractivity contribution in [3.8, 4) is 0 Å². The van der Waals surface area contributed by atoms with Gasteiger partial charge < -0.3 is 19.6 Å². The number of carbonyl (C=O) groups excluding carboxylic acids is 2. The molecular formula is C21H28ClN5O2S. The van der Waals surface area contributed by atoms with Crippen LogP contribution in [0.15, 0.2) is 18.2 Å². The molecule has 162 valence electrons. The summed E-state index contributed by atoms with van der Waals surface area (Å²) in [5.41, 5.74) is 0.955. The van der Waals surface area contributed by atoms with Crippen LogP contribution < -0.4 is 4.90 Å². The Balaban J connectivity index is 1.30. The van der Waals surface area contributed by atoms with Gasteiger partial charge in [-0.25, -0.2) is 4.98 Å².